The lowest BCUT2D eigenvalue weighted by Crippen LogP contribution is -2.02. The number of thiazole rings is 1. The van der Waals surface area contributed by atoms with Gasteiger partial charge in [0.25, 0.3) is 0 Å². The molecule has 0 aliphatic rings. The Labute approximate surface area is 170 Å². The predicted octanol–water partition coefficient (Wildman–Crippen LogP) is 4.38. The van der Waals surface area contributed by atoms with Gasteiger partial charge in [-0.15, -0.1) is 11.3 Å². The molecule has 0 saturated carbocycles. The van der Waals surface area contributed by atoms with Gasteiger partial charge >= 0.3 is 5.63 Å². The molecular formula is C21H17N3O4S. The van der Waals surface area contributed by atoms with Crippen LogP contribution in [0.1, 0.15) is 5.56 Å². The lowest BCUT2D eigenvalue weighted by molar-refractivity contribution is 0.355. The average molecular weight is 407 g/mol. The molecule has 1 N–H and O–H groups in total. The van der Waals surface area contributed by atoms with Gasteiger partial charge in [-0.3, -0.25) is 5.43 Å². The predicted molar refractivity (Wildman–Crippen MR) is 114 cm³/mol. The number of ether oxygens (including phenoxy) is 2. The van der Waals surface area contributed by atoms with Crippen LogP contribution < -0.4 is 20.5 Å². The Hall–Kier alpha value is -3.65. The third-order valence-corrected chi connectivity index (χ3v) is 4.95. The standard InChI is InChI=1S/C21H17N3O4S/c1-26-18-8-7-13(9-19(18)27-2)11-22-24-21-23-16(12-29-21)15-10-14-5-3-4-6-17(14)28-20(15)25/h3-12H,1-2H3,(H,23,24). The summed E-state index contributed by atoms with van der Waals surface area (Å²) >= 11 is 1.35. The number of hydrazone groups is 1. The molecule has 2 aromatic heterocycles. The fourth-order valence-electron chi connectivity index (χ4n) is 2.78. The molecular weight excluding hydrogens is 390 g/mol. The Kier molecular flexibility index (Phi) is 5.26. The van der Waals surface area contributed by atoms with Crippen LogP contribution in [-0.2, 0) is 0 Å². The van der Waals surface area contributed by atoms with Gasteiger partial charge in [-0.05, 0) is 35.9 Å². The molecule has 0 unspecified atom stereocenters. The van der Waals surface area contributed by atoms with Crippen LogP contribution in [0.25, 0.3) is 22.2 Å². The molecule has 2 aromatic carbocycles. The summed E-state index contributed by atoms with van der Waals surface area (Å²) < 4.78 is 15.9. The largest absolute Gasteiger partial charge is 0.493 e. The fourth-order valence-corrected chi connectivity index (χ4v) is 3.44. The van der Waals surface area contributed by atoms with E-state index in [0.29, 0.717) is 33.5 Å². The Bertz CT molecular complexity index is 1250. The Morgan fingerprint density at radius 2 is 1.93 bits per heavy atom. The maximum absolute atomic E-state index is 12.3. The van der Waals surface area contributed by atoms with Gasteiger partial charge in [0.05, 0.1) is 31.7 Å². The van der Waals surface area contributed by atoms with E-state index in [1.54, 1.807) is 44.0 Å². The Morgan fingerprint density at radius 1 is 1.10 bits per heavy atom. The lowest BCUT2D eigenvalue weighted by Gasteiger charge is -2.07. The van der Waals surface area contributed by atoms with Gasteiger partial charge in [-0.2, -0.15) is 5.10 Å². The van der Waals surface area contributed by atoms with Gasteiger partial charge in [0.15, 0.2) is 11.5 Å². The zero-order valence-electron chi connectivity index (χ0n) is 15.7. The molecule has 4 rings (SSSR count). The van der Waals surface area contributed by atoms with Crippen LogP contribution in [0.5, 0.6) is 11.5 Å². The van der Waals surface area contributed by atoms with Gasteiger partial charge < -0.3 is 13.9 Å². The first-order chi connectivity index (χ1) is 14.2. The molecule has 0 atom stereocenters. The Balaban J connectivity index is 1.52. The van der Waals surface area contributed by atoms with E-state index in [4.69, 9.17) is 13.9 Å². The normalized spacial score (nSPS) is 11.1. The second kappa shape index (κ2) is 8.15. The monoisotopic (exact) mass is 407 g/mol. The van der Waals surface area contributed by atoms with E-state index in [-0.39, 0.29) is 0 Å². The topological polar surface area (TPSA) is 86.0 Å². The van der Waals surface area contributed by atoms with Crippen LogP contribution in [0.3, 0.4) is 0 Å². The molecule has 29 heavy (non-hydrogen) atoms. The molecule has 4 aromatic rings. The van der Waals surface area contributed by atoms with Gasteiger partial charge in [-0.1, -0.05) is 18.2 Å². The third kappa shape index (κ3) is 3.97. The molecule has 0 spiro atoms. The van der Waals surface area contributed by atoms with Crippen molar-refractivity contribution in [2.45, 2.75) is 0 Å². The minimum atomic E-state index is -0.422. The first kappa shape index (κ1) is 18.7. The molecule has 0 aliphatic heterocycles. The average Bonchev–Trinajstić information content (AvgIpc) is 3.21. The van der Waals surface area contributed by atoms with Crippen molar-refractivity contribution < 1.29 is 13.9 Å². The Morgan fingerprint density at radius 3 is 2.76 bits per heavy atom. The number of rotatable bonds is 6. The minimum Gasteiger partial charge on any atom is -0.493 e. The van der Waals surface area contributed by atoms with Crippen LogP contribution in [-0.4, -0.2) is 25.4 Å². The summed E-state index contributed by atoms with van der Waals surface area (Å²) in [5.41, 5.74) is 4.80. The maximum Gasteiger partial charge on any atom is 0.345 e. The SMILES string of the molecule is COc1ccc(C=NNc2nc(-c3cc4ccccc4oc3=O)cs2)cc1OC. The quantitative estimate of drug-likeness (QED) is 0.290. The number of methoxy groups -OCH3 is 2. The van der Waals surface area contributed by atoms with Crippen molar-refractivity contribution >= 4 is 33.7 Å². The molecule has 0 bridgehead atoms. The zero-order chi connectivity index (χ0) is 20.2. The summed E-state index contributed by atoms with van der Waals surface area (Å²) in [4.78, 5) is 16.7. The van der Waals surface area contributed by atoms with Gasteiger partial charge in [0.2, 0.25) is 5.13 Å². The van der Waals surface area contributed by atoms with Crippen molar-refractivity contribution in [1.29, 1.82) is 0 Å². The fraction of sp³-hybridized carbons (Fsp3) is 0.0952. The van der Waals surface area contributed by atoms with E-state index in [2.05, 4.69) is 15.5 Å². The number of nitrogens with zero attached hydrogens (tertiary/aromatic N) is 2. The second-order valence-electron chi connectivity index (χ2n) is 6.01. The molecule has 0 saturated heterocycles. The van der Waals surface area contributed by atoms with E-state index in [0.717, 1.165) is 10.9 Å². The van der Waals surface area contributed by atoms with Crippen LogP contribution >= 0.6 is 11.3 Å². The number of anilines is 1. The number of nitrogens with one attached hydrogen (secondary N) is 1. The van der Waals surface area contributed by atoms with Crippen molar-refractivity contribution in [2.24, 2.45) is 5.10 Å². The highest BCUT2D eigenvalue weighted by atomic mass is 32.1. The number of hydrogen-bond acceptors (Lipinski definition) is 8. The van der Waals surface area contributed by atoms with E-state index in [9.17, 15) is 4.79 Å². The van der Waals surface area contributed by atoms with Crippen LogP contribution in [0.4, 0.5) is 5.13 Å². The first-order valence-corrected chi connectivity index (χ1v) is 9.56. The summed E-state index contributed by atoms with van der Waals surface area (Å²) in [7, 11) is 3.17. The highest BCUT2D eigenvalue weighted by Gasteiger charge is 2.11. The highest BCUT2D eigenvalue weighted by Crippen LogP contribution is 2.27. The summed E-state index contributed by atoms with van der Waals surface area (Å²) in [5, 5.41) is 7.39. The van der Waals surface area contributed by atoms with Crippen LogP contribution in [0.15, 0.2) is 68.2 Å². The number of fused-ring (bicyclic) bond motifs is 1. The lowest BCUT2D eigenvalue weighted by atomic mass is 10.1. The second-order valence-corrected chi connectivity index (χ2v) is 6.87. The van der Waals surface area contributed by atoms with E-state index in [1.807, 2.05) is 30.3 Å². The van der Waals surface area contributed by atoms with Crippen LogP contribution in [0, 0.1) is 0 Å². The van der Waals surface area contributed by atoms with E-state index in [1.165, 1.54) is 11.3 Å². The van der Waals surface area contributed by atoms with Crippen LogP contribution in [0.2, 0.25) is 0 Å². The number of hydrogen-bond donors (Lipinski definition) is 1. The third-order valence-electron chi connectivity index (χ3n) is 4.20. The zero-order valence-corrected chi connectivity index (χ0v) is 16.5. The molecule has 8 heteroatoms. The molecule has 0 aliphatic carbocycles. The summed E-state index contributed by atoms with van der Waals surface area (Å²) in [6.07, 6.45) is 1.65. The smallest absolute Gasteiger partial charge is 0.345 e. The van der Waals surface area contributed by atoms with Crippen molar-refractivity contribution in [1.82, 2.24) is 4.98 Å². The molecule has 0 fully saturated rings. The first-order valence-electron chi connectivity index (χ1n) is 8.68. The minimum absolute atomic E-state index is 0.414. The number of para-hydroxylation sites is 1. The van der Waals surface area contributed by atoms with Crippen molar-refractivity contribution in [3.63, 3.8) is 0 Å². The number of aromatic nitrogens is 1. The van der Waals surface area contributed by atoms with E-state index >= 15 is 0 Å². The molecule has 146 valence electrons. The van der Waals surface area contributed by atoms with Gasteiger partial charge in [-0.25, -0.2) is 9.78 Å². The summed E-state index contributed by atoms with van der Waals surface area (Å²) in [6, 6.07) is 14.6. The molecule has 0 amide bonds. The molecule has 7 nitrogen and oxygen atoms in total. The summed E-state index contributed by atoms with van der Waals surface area (Å²) in [5.74, 6) is 1.27. The van der Waals surface area contributed by atoms with Crippen molar-refractivity contribution in [3.05, 3.63) is 69.9 Å². The van der Waals surface area contributed by atoms with Crippen molar-refractivity contribution in [3.8, 4) is 22.8 Å². The molecule has 2 heterocycles. The molecule has 0 radical (unpaired) electrons. The van der Waals surface area contributed by atoms with Gasteiger partial charge in [0.1, 0.15) is 5.58 Å². The summed E-state index contributed by atoms with van der Waals surface area (Å²) in [6.45, 7) is 0. The highest BCUT2D eigenvalue weighted by molar-refractivity contribution is 7.14. The van der Waals surface area contributed by atoms with E-state index < -0.39 is 5.63 Å². The maximum atomic E-state index is 12.3. The van der Waals surface area contributed by atoms with Crippen molar-refractivity contribution in [2.75, 3.05) is 19.6 Å². The van der Waals surface area contributed by atoms with Gasteiger partial charge in [0, 0.05) is 10.8 Å². The number of benzene rings is 2.